The van der Waals surface area contributed by atoms with Crippen molar-refractivity contribution >= 4 is 0 Å². The summed E-state index contributed by atoms with van der Waals surface area (Å²) in [4.78, 5) is 0. The van der Waals surface area contributed by atoms with Crippen LogP contribution in [0.4, 0.5) is 0 Å². The van der Waals surface area contributed by atoms with Crippen molar-refractivity contribution in [3.8, 4) is 0 Å². The largest absolute Gasteiger partial charge is 0.348 e. The molecule has 1 atom stereocenters. The first-order chi connectivity index (χ1) is 12.8. The van der Waals surface area contributed by atoms with E-state index in [2.05, 4.69) is 0 Å². The van der Waals surface area contributed by atoms with Crippen LogP contribution in [0.2, 0.25) is 0 Å². The van der Waals surface area contributed by atoms with Crippen LogP contribution < -0.4 is 5.73 Å². The predicted octanol–water partition coefficient (Wildman–Crippen LogP) is 4.84. The maximum Gasteiger partial charge on any atom is 0.160 e. The summed E-state index contributed by atoms with van der Waals surface area (Å²) < 4.78 is 12.1. The summed E-state index contributed by atoms with van der Waals surface area (Å²) in [5.41, 5.74) is 9.70. The van der Waals surface area contributed by atoms with Gasteiger partial charge in [0.2, 0.25) is 0 Å². The third-order valence-corrected chi connectivity index (χ3v) is 4.23. The van der Waals surface area contributed by atoms with E-state index in [0.29, 0.717) is 19.6 Å². The molecule has 0 saturated carbocycles. The molecule has 0 heterocycles. The second kappa shape index (κ2) is 9.88. The van der Waals surface area contributed by atoms with E-state index in [1.54, 1.807) is 0 Å². The van der Waals surface area contributed by atoms with Crippen molar-refractivity contribution in [2.24, 2.45) is 5.73 Å². The van der Waals surface area contributed by atoms with Gasteiger partial charge in [0.1, 0.15) is 0 Å². The highest BCUT2D eigenvalue weighted by molar-refractivity contribution is 5.18. The third-order valence-electron chi connectivity index (χ3n) is 4.23. The second-order valence-corrected chi connectivity index (χ2v) is 6.28. The molecular formula is C23H25NO2. The quantitative estimate of drug-likeness (QED) is 0.564. The van der Waals surface area contributed by atoms with E-state index >= 15 is 0 Å². The molecule has 134 valence electrons. The lowest BCUT2D eigenvalue weighted by Crippen LogP contribution is -2.24. The van der Waals surface area contributed by atoms with E-state index in [0.717, 1.165) is 16.7 Å². The number of rotatable bonds is 9. The normalized spacial score (nSPS) is 12.2. The minimum atomic E-state index is -0.370. The summed E-state index contributed by atoms with van der Waals surface area (Å²) in [7, 11) is 0. The van der Waals surface area contributed by atoms with E-state index in [4.69, 9.17) is 15.2 Å². The highest BCUT2D eigenvalue weighted by Crippen LogP contribution is 2.20. The zero-order valence-electron chi connectivity index (χ0n) is 14.8. The SMILES string of the molecule is NC(CC(OCc1ccccc1)OCc1ccccc1)c1ccccc1. The van der Waals surface area contributed by atoms with Crippen LogP contribution in [-0.4, -0.2) is 6.29 Å². The van der Waals surface area contributed by atoms with E-state index in [1.165, 1.54) is 0 Å². The summed E-state index contributed by atoms with van der Waals surface area (Å²) in [5.74, 6) is 0. The summed E-state index contributed by atoms with van der Waals surface area (Å²) in [6.07, 6.45) is 0.231. The van der Waals surface area contributed by atoms with Gasteiger partial charge in [-0.2, -0.15) is 0 Å². The molecule has 2 N–H and O–H groups in total. The van der Waals surface area contributed by atoms with Gasteiger partial charge < -0.3 is 15.2 Å². The molecule has 0 bridgehead atoms. The Bertz CT molecular complexity index is 703. The molecule has 1 unspecified atom stereocenters. The number of nitrogens with two attached hydrogens (primary N) is 1. The number of hydrogen-bond acceptors (Lipinski definition) is 3. The molecule has 3 aromatic rings. The van der Waals surface area contributed by atoms with Gasteiger partial charge in [0.25, 0.3) is 0 Å². The molecule has 0 aromatic heterocycles. The zero-order valence-corrected chi connectivity index (χ0v) is 14.8. The van der Waals surface area contributed by atoms with Crippen LogP contribution in [0.1, 0.15) is 29.2 Å². The molecule has 0 spiro atoms. The van der Waals surface area contributed by atoms with Crippen LogP contribution in [0.5, 0.6) is 0 Å². The Hall–Kier alpha value is -2.46. The minimum absolute atomic E-state index is 0.132. The molecule has 0 amide bonds. The van der Waals surface area contributed by atoms with Crippen molar-refractivity contribution in [2.75, 3.05) is 0 Å². The van der Waals surface area contributed by atoms with Crippen LogP contribution in [0.15, 0.2) is 91.0 Å². The molecule has 0 radical (unpaired) electrons. The molecule has 0 aliphatic rings. The predicted molar refractivity (Wildman–Crippen MR) is 104 cm³/mol. The topological polar surface area (TPSA) is 44.5 Å². The van der Waals surface area contributed by atoms with Gasteiger partial charge in [-0.15, -0.1) is 0 Å². The molecule has 0 saturated heterocycles. The van der Waals surface area contributed by atoms with Crippen molar-refractivity contribution in [1.29, 1.82) is 0 Å². The van der Waals surface area contributed by atoms with E-state index < -0.39 is 0 Å². The highest BCUT2D eigenvalue weighted by Gasteiger charge is 2.16. The molecule has 0 aliphatic carbocycles. The highest BCUT2D eigenvalue weighted by atomic mass is 16.7. The van der Waals surface area contributed by atoms with Crippen LogP contribution in [0, 0.1) is 0 Å². The van der Waals surface area contributed by atoms with Crippen LogP contribution in [0.3, 0.4) is 0 Å². The minimum Gasteiger partial charge on any atom is -0.348 e. The first-order valence-electron chi connectivity index (χ1n) is 8.93. The Morgan fingerprint density at radius 2 is 1.04 bits per heavy atom. The third kappa shape index (κ3) is 5.81. The fourth-order valence-corrected chi connectivity index (χ4v) is 2.75. The Kier molecular flexibility index (Phi) is 6.96. The fourth-order valence-electron chi connectivity index (χ4n) is 2.75. The van der Waals surface area contributed by atoms with E-state index in [-0.39, 0.29) is 12.3 Å². The number of hydrogen-bond donors (Lipinski definition) is 1. The number of ether oxygens (including phenoxy) is 2. The Morgan fingerprint density at radius 1 is 0.615 bits per heavy atom. The molecule has 3 aromatic carbocycles. The average molecular weight is 347 g/mol. The molecule has 3 heteroatoms. The van der Waals surface area contributed by atoms with Gasteiger partial charge in [-0.1, -0.05) is 91.0 Å². The second-order valence-electron chi connectivity index (χ2n) is 6.28. The number of benzene rings is 3. The van der Waals surface area contributed by atoms with Gasteiger partial charge in [0.15, 0.2) is 6.29 Å². The summed E-state index contributed by atoms with van der Waals surface area (Å²) in [6, 6.07) is 30.2. The Labute approximate surface area is 155 Å². The zero-order chi connectivity index (χ0) is 18.0. The standard InChI is InChI=1S/C23H25NO2/c24-22(21-14-8-3-9-15-21)16-23(25-17-19-10-4-1-5-11-19)26-18-20-12-6-2-7-13-20/h1-15,22-23H,16-18,24H2. The van der Waals surface area contributed by atoms with Crippen molar-refractivity contribution in [3.05, 3.63) is 108 Å². The van der Waals surface area contributed by atoms with Gasteiger partial charge in [0, 0.05) is 12.5 Å². The van der Waals surface area contributed by atoms with Crippen molar-refractivity contribution < 1.29 is 9.47 Å². The lowest BCUT2D eigenvalue weighted by atomic mass is 10.0. The molecular weight excluding hydrogens is 322 g/mol. The van der Waals surface area contributed by atoms with Crippen LogP contribution in [-0.2, 0) is 22.7 Å². The van der Waals surface area contributed by atoms with Crippen molar-refractivity contribution in [1.82, 2.24) is 0 Å². The lowest BCUT2D eigenvalue weighted by Gasteiger charge is -2.22. The van der Waals surface area contributed by atoms with E-state index in [1.807, 2.05) is 91.0 Å². The summed E-state index contributed by atoms with van der Waals surface area (Å²) in [5, 5.41) is 0. The fraction of sp³-hybridized carbons (Fsp3) is 0.217. The van der Waals surface area contributed by atoms with Gasteiger partial charge >= 0.3 is 0 Å². The van der Waals surface area contributed by atoms with Gasteiger partial charge in [-0.25, -0.2) is 0 Å². The molecule has 0 fully saturated rings. The van der Waals surface area contributed by atoms with Crippen LogP contribution in [0.25, 0.3) is 0 Å². The van der Waals surface area contributed by atoms with Gasteiger partial charge in [-0.05, 0) is 16.7 Å². The maximum atomic E-state index is 6.37. The van der Waals surface area contributed by atoms with Crippen molar-refractivity contribution in [3.63, 3.8) is 0 Å². The average Bonchev–Trinajstić information content (AvgIpc) is 2.72. The lowest BCUT2D eigenvalue weighted by molar-refractivity contribution is -0.162. The van der Waals surface area contributed by atoms with Gasteiger partial charge in [-0.3, -0.25) is 0 Å². The summed E-state index contributed by atoms with van der Waals surface area (Å²) in [6.45, 7) is 1.00. The molecule has 3 rings (SSSR count). The first kappa shape index (κ1) is 18.3. The van der Waals surface area contributed by atoms with E-state index in [9.17, 15) is 0 Å². The monoisotopic (exact) mass is 347 g/mol. The maximum absolute atomic E-state index is 6.37. The first-order valence-corrected chi connectivity index (χ1v) is 8.93. The smallest absolute Gasteiger partial charge is 0.160 e. The molecule has 3 nitrogen and oxygen atoms in total. The van der Waals surface area contributed by atoms with Crippen LogP contribution >= 0.6 is 0 Å². The van der Waals surface area contributed by atoms with Crippen molar-refractivity contribution in [2.45, 2.75) is 32.0 Å². The van der Waals surface area contributed by atoms with Gasteiger partial charge in [0.05, 0.1) is 13.2 Å². The Balaban J connectivity index is 1.62. The Morgan fingerprint density at radius 3 is 1.50 bits per heavy atom. The summed E-state index contributed by atoms with van der Waals surface area (Å²) >= 11 is 0. The molecule has 0 aliphatic heterocycles. The molecule has 26 heavy (non-hydrogen) atoms.